The van der Waals surface area contributed by atoms with Crippen molar-refractivity contribution in [3.05, 3.63) is 46.7 Å². The Morgan fingerprint density at radius 2 is 1.90 bits per heavy atom. The van der Waals surface area contributed by atoms with Gasteiger partial charge in [-0.2, -0.15) is 5.10 Å². The molecule has 0 fully saturated rings. The van der Waals surface area contributed by atoms with E-state index in [-0.39, 0.29) is 6.04 Å². The maximum absolute atomic E-state index is 11.0. The monoisotopic (exact) mass is 294 g/mol. The maximum Gasteiger partial charge on any atom is 0.163 e. The van der Waals surface area contributed by atoms with Gasteiger partial charge < -0.3 is 9.84 Å². The molecular formula is C15H19ClN2O2. The van der Waals surface area contributed by atoms with E-state index in [1.807, 2.05) is 13.8 Å². The summed E-state index contributed by atoms with van der Waals surface area (Å²) in [6.07, 6.45) is 1.62. The lowest BCUT2D eigenvalue weighted by Crippen LogP contribution is -2.28. The highest BCUT2D eigenvalue weighted by molar-refractivity contribution is 6.30. The smallest absolute Gasteiger partial charge is 0.163 e. The highest BCUT2D eigenvalue weighted by Crippen LogP contribution is 2.36. The molecule has 1 aromatic heterocycles. The molecule has 0 aliphatic heterocycles. The Kier molecular flexibility index (Phi) is 4.06. The van der Waals surface area contributed by atoms with Gasteiger partial charge in [0, 0.05) is 11.1 Å². The van der Waals surface area contributed by atoms with Crippen LogP contribution < -0.4 is 4.74 Å². The zero-order valence-electron chi connectivity index (χ0n) is 12.1. The van der Waals surface area contributed by atoms with Crippen LogP contribution in [-0.4, -0.2) is 22.0 Å². The van der Waals surface area contributed by atoms with Crippen molar-refractivity contribution in [3.63, 3.8) is 0 Å². The van der Waals surface area contributed by atoms with Crippen LogP contribution in [0.5, 0.6) is 5.75 Å². The van der Waals surface area contributed by atoms with Crippen LogP contribution >= 0.6 is 11.6 Å². The van der Waals surface area contributed by atoms with Crippen LogP contribution in [0.3, 0.4) is 0 Å². The van der Waals surface area contributed by atoms with Gasteiger partial charge in [-0.3, -0.25) is 4.68 Å². The number of ether oxygens (including phenoxy) is 1. The molecule has 0 aliphatic rings. The molecule has 1 aromatic carbocycles. The first-order chi connectivity index (χ1) is 9.37. The van der Waals surface area contributed by atoms with Crippen molar-refractivity contribution in [1.29, 1.82) is 0 Å². The third kappa shape index (κ3) is 2.53. The van der Waals surface area contributed by atoms with Gasteiger partial charge in [0.05, 0.1) is 13.3 Å². The molecule has 1 unspecified atom stereocenters. The lowest BCUT2D eigenvalue weighted by atomic mass is 9.91. The van der Waals surface area contributed by atoms with Crippen LogP contribution in [-0.2, 0) is 5.60 Å². The lowest BCUT2D eigenvalue weighted by molar-refractivity contribution is 0.0868. The second-order valence-corrected chi connectivity index (χ2v) is 5.62. The number of rotatable bonds is 4. The van der Waals surface area contributed by atoms with Crippen LogP contribution in [0.1, 0.15) is 38.1 Å². The summed E-state index contributed by atoms with van der Waals surface area (Å²) >= 11 is 5.90. The molecule has 108 valence electrons. The molecule has 0 radical (unpaired) electrons. The molecule has 1 heterocycles. The van der Waals surface area contributed by atoms with E-state index in [4.69, 9.17) is 16.3 Å². The van der Waals surface area contributed by atoms with Gasteiger partial charge in [-0.15, -0.1) is 0 Å². The summed E-state index contributed by atoms with van der Waals surface area (Å²) in [5.41, 5.74) is 0.163. The third-order valence-electron chi connectivity index (χ3n) is 3.34. The van der Waals surface area contributed by atoms with E-state index in [0.29, 0.717) is 16.5 Å². The van der Waals surface area contributed by atoms with Crippen molar-refractivity contribution >= 4 is 11.6 Å². The summed E-state index contributed by atoms with van der Waals surface area (Å²) in [7, 11) is 1.57. The molecule has 0 saturated carbocycles. The average Bonchev–Trinajstić information content (AvgIpc) is 2.84. The second-order valence-electron chi connectivity index (χ2n) is 5.18. The number of hydrogen-bond acceptors (Lipinski definition) is 3. The Hall–Kier alpha value is -1.52. The van der Waals surface area contributed by atoms with E-state index in [1.165, 1.54) is 0 Å². The van der Waals surface area contributed by atoms with Crippen molar-refractivity contribution in [3.8, 4) is 5.75 Å². The molecule has 1 atom stereocenters. The number of hydrogen-bond donors (Lipinski definition) is 1. The molecule has 2 rings (SSSR count). The molecule has 0 spiro atoms. The zero-order chi connectivity index (χ0) is 14.9. The van der Waals surface area contributed by atoms with Crippen LogP contribution in [0, 0.1) is 0 Å². The highest BCUT2D eigenvalue weighted by Gasteiger charge is 2.34. The van der Waals surface area contributed by atoms with Crippen molar-refractivity contribution in [2.45, 2.75) is 32.4 Å². The van der Waals surface area contributed by atoms with Crippen molar-refractivity contribution in [2.24, 2.45) is 0 Å². The summed E-state index contributed by atoms with van der Waals surface area (Å²) in [6, 6.07) is 7.24. The number of halogens is 1. The first-order valence-corrected chi connectivity index (χ1v) is 6.86. The standard InChI is InChI=1S/C15H19ClN2O2/c1-10(2)18-14(13(20-4)9-17-18)15(3,19)11-5-7-12(16)8-6-11/h5-10,19H,1-4H3. The van der Waals surface area contributed by atoms with E-state index in [1.54, 1.807) is 49.2 Å². The van der Waals surface area contributed by atoms with Crippen LogP contribution in [0.25, 0.3) is 0 Å². The van der Waals surface area contributed by atoms with E-state index in [9.17, 15) is 5.11 Å². The first kappa shape index (κ1) is 14.9. The summed E-state index contributed by atoms with van der Waals surface area (Å²) in [6.45, 7) is 5.75. The number of nitrogens with zero attached hydrogens (tertiary/aromatic N) is 2. The van der Waals surface area contributed by atoms with E-state index in [2.05, 4.69) is 5.10 Å². The topological polar surface area (TPSA) is 47.3 Å². The minimum atomic E-state index is -1.21. The lowest BCUT2D eigenvalue weighted by Gasteiger charge is -2.27. The van der Waals surface area contributed by atoms with Crippen LogP contribution in [0.2, 0.25) is 5.02 Å². The molecule has 20 heavy (non-hydrogen) atoms. The molecule has 5 heteroatoms. The molecular weight excluding hydrogens is 276 g/mol. The Morgan fingerprint density at radius 1 is 1.30 bits per heavy atom. The Bertz CT molecular complexity index is 588. The maximum atomic E-state index is 11.0. The predicted molar refractivity (Wildman–Crippen MR) is 79.3 cm³/mol. The highest BCUT2D eigenvalue weighted by atomic mass is 35.5. The fraction of sp³-hybridized carbons (Fsp3) is 0.400. The molecule has 4 nitrogen and oxygen atoms in total. The number of aliphatic hydroxyl groups is 1. The number of methoxy groups -OCH3 is 1. The normalized spacial score (nSPS) is 14.3. The van der Waals surface area contributed by atoms with Crippen LogP contribution in [0.15, 0.2) is 30.5 Å². The Labute approximate surface area is 123 Å². The van der Waals surface area contributed by atoms with Gasteiger partial charge in [0.25, 0.3) is 0 Å². The SMILES string of the molecule is COc1cnn(C(C)C)c1C(C)(O)c1ccc(Cl)cc1. The van der Waals surface area contributed by atoms with Crippen molar-refractivity contribution in [2.75, 3.05) is 7.11 Å². The third-order valence-corrected chi connectivity index (χ3v) is 3.59. The minimum Gasteiger partial charge on any atom is -0.493 e. The fourth-order valence-corrected chi connectivity index (χ4v) is 2.39. The predicted octanol–water partition coefficient (Wildman–Crippen LogP) is 3.38. The number of benzene rings is 1. The minimum absolute atomic E-state index is 0.118. The molecule has 1 N–H and O–H groups in total. The Balaban J connectivity index is 2.58. The molecule has 0 aliphatic carbocycles. The fourth-order valence-electron chi connectivity index (χ4n) is 2.26. The van der Waals surface area contributed by atoms with Crippen LogP contribution in [0.4, 0.5) is 0 Å². The molecule has 2 aromatic rings. The quantitative estimate of drug-likeness (QED) is 0.940. The second kappa shape index (κ2) is 5.46. The molecule has 0 amide bonds. The van der Waals surface area contributed by atoms with Gasteiger partial charge >= 0.3 is 0 Å². The zero-order valence-corrected chi connectivity index (χ0v) is 12.8. The van der Waals surface area contributed by atoms with Gasteiger partial charge in [-0.1, -0.05) is 23.7 Å². The van der Waals surface area contributed by atoms with Gasteiger partial charge in [0.2, 0.25) is 0 Å². The summed E-state index contributed by atoms with van der Waals surface area (Å²) in [5.74, 6) is 0.568. The summed E-state index contributed by atoms with van der Waals surface area (Å²) < 4.78 is 7.11. The van der Waals surface area contributed by atoms with Gasteiger partial charge in [0.15, 0.2) is 5.75 Å². The van der Waals surface area contributed by atoms with Gasteiger partial charge in [-0.05, 0) is 38.5 Å². The first-order valence-electron chi connectivity index (χ1n) is 6.48. The van der Waals surface area contributed by atoms with E-state index >= 15 is 0 Å². The molecule has 0 bridgehead atoms. The summed E-state index contributed by atoms with van der Waals surface area (Å²) in [5, 5.41) is 15.9. The van der Waals surface area contributed by atoms with Crippen molar-refractivity contribution in [1.82, 2.24) is 9.78 Å². The van der Waals surface area contributed by atoms with E-state index < -0.39 is 5.60 Å². The average molecular weight is 295 g/mol. The summed E-state index contributed by atoms with van der Waals surface area (Å²) in [4.78, 5) is 0. The van der Waals surface area contributed by atoms with E-state index in [0.717, 1.165) is 5.56 Å². The molecule has 0 saturated heterocycles. The largest absolute Gasteiger partial charge is 0.493 e. The van der Waals surface area contributed by atoms with Gasteiger partial charge in [0.1, 0.15) is 11.3 Å². The van der Waals surface area contributed by atoms with Gasteiger partial charge in [-0.25, -0.2) is 0 Å². The number of aromatic nitrogens is 2. The Morgan fingerprint density at radius 3 is 2.40 bits per heavy atom. The van der Waals surface area contributed by atoms with Crippen molar-refractivity contribution < 1.29 is 9.84 Å².